The molecule has 6 heteroatoms. The molecule has 0 amide bonds. The van der Waals surface area contributed by atoms with Crippen molar-refractivity contribution in [2.24, 2.45) is 10.7 Å². The number of nitrogens with one attached hydrogen (secondary N) is 1. The Balaban J connectivity index is 2.66. The van der Waals surface area contributed by atoms with Crippen LogP contribution in [0.2, 0.25) is 0 Å². The number of allylic oxidation sites excluding steroid dienone is 1. The van der Waals surface area contributed by atoms with Gasteiger partial charge in [0.1, 0.15) is 5.75 Å². The first-order valence-electron chi connectivity index (χ1n) is 5.49. The molecule has 1 aromatic carbocycles. The Bertz CT molecular complexity index is 521. The fourth-order valence-corrected chi connectivity index (χ4v) is 1.68. The van der Waals surface area contributed by atoms with Crippen LogP contribution in [0.3, 0.4) is 0 Å². The molecule has 0 spiro atoms. The number of hydrogen-bond acceptors (Lipinski definition) is 3. The van der Waals surface area contributed by atoms with Crippen molar-refractivity contribution < 1.29 is 4.74 Å². The van der Waals surface area contributed by atoms with Crippen LogP contribution in [0, 0.1) is 0 Å². The zero-order valence-electron chi connectivity index (χ0n) is 10.7. The summed E-state index contributed by atoms with van der Waals surface area (Å²) >= 11 is 9.62. The Labute approximate surface area is 123 Å². The standard InChI is InChI=1S/C13H15N3OS2/c1-9(15-13(19)16-12(14)18)3-4-10-5-7-11(17-2)8-6-10/h3-8H,1-2H3,(H3,14,16,18,19)/b4-3+,15-9+. The van der Waals surface area contributed by atoms with E-state index in [4.69, 9.17) is 22.7 Å². The van der Waals surface area contributed by atoms with Gasteiger partial charge in [-0.2, -0.15) is 0 Å². The summed E-state index contributed by atoms with van der Waals surface area (Å²) in [4.78, 5) is 4.12. The lowest BCUT2D eigenvalue weighted by Gasteiger charge is -2.01. The van der Waals surface area contributed by atoms with Crippen LogP contribution in [0.15, 0.2) is 35.3 Å². The highest BCUT2D eigenvalue weighted by atomic mass is 32.1. The molecule has 0 radical (unpaired) electrons. The first kappa shape index (κ1) is 15.3. The van der Waals surface area contributed by atoms with Gasteiger partial charge in [0.15, 0.2) is 10.2 Å². The summed E-state index contributed by atoms with van der Waals surface area (Å²) in [5.74, 6) is 0.823. The van der Waals surface area contributed by atoms with Gasteiger partial charge in [0.25, 0.3) is 0 Å². The van der Waals surface area contributed by atoms with E-state index < -0.39 is 0 Å². The number of nitrogens with two attached hydrogens (primary N) is 1. The van der Waals surface area contributed by atoms with Crippen molar-refractivity contribution in [1.29, 1.82) is 0 Å². The van der Waals surface area contributed by atoms with Crippen LogP contribution < -0.4 is 15.8 Å². The molecule has 0 saturated heterocycles. The summed E-state index contributed by atoms with van der Waals surface area (Å²) in [7, 11) is 1.64. The maximum absolute atomic E-state index is 5.30. The quantitative estimate of drug-likeness (QED) is 0.661. The molecule has 3 N–H and O–H groups in total. The van der Waals surface area contributed by atoms with Crippen LogP contribution in [-0.2, 0) is 0 Å². The lowest BCUT2D eigenvalue weighted by Crippen LogP contribution is -2.32. The molecule has 19 heavy (non-hydrogen) atoms. The maximum Gasteiger partial charge on any atom is 0.199 e. The molecule has 0 aliphatic carbocycles. The Hall–Kier alpha value is -1.79. The largest absolute Gasteiger partial charge is 0.497 e. The highest BCUT2D eigenvalue weighted by molar-refractivity contribution is 7.81. The van der Waals surface area contributed by atoms with Gasteiger partial charge in [-0.25, -0.2) is 4.99 Å². The lowest BCUT2D eigenvalue weighted by molar-refractivity contribution is 0.415. The molecular formula is C13H15N3OS2. The average Bonchev–Trinajstić information content (AvgIpc) is 2.36. The molecule has 0 aromatic heterocycles. The third kappa shape index (κ3) is 6.08. The minimum atomic E-state index is 0.112. The number of thiocarbonyl (C=S) groups is 2. The van der Waals surface area contributed by atoms with Crippen LogP contribution in [-0.4, -0.2) is 23.0 Å². The highest BCUT2D eigenvalue weighted by Crippen LogP contribution is 2.12. The van der Waals surface area contributed by atoms with Gasteiger partial charge in [0.2, 0.25) is 0 Å². The molecule has 0 aliphatic heterocycles. The van der Waals surface area contributed by atoms with Gasteiger partial charge < -0.3 is 15.8 Å². The highest BCUT2D eigenvalue weighted by Gasteiger charge is 1.94. The summed E-state index contributed by atoms with van der Waals surface area (Å²) in [5.41, 5.74) is 7.09. The summed E-state index contributed by atoms with van der Waals surface area (Å²) in [6.07, 6.45) is 3.79. The van der Waals surface area contributed by atoms with Crippen LogP contribution in [0.4, 0.5) is 0 Å². The molecule has 0 atom stereocenters. The fraction of sp³-hybridized carbons (Fsp3) is 0.154. The zero-order chi connectivity index (χ0) is 14.3. The number of hydrogen-bond donors (Lipinski definition) is 2. The van der Waals surface area contributed by atoms with Gasteiger partial charge in [0, 0.05) is 5.71 Å². The minimum absolute atomic E-state index is 0.112. The average molecular weight is 293 g/mol. The number of nitrogens with zero attached hydrogens (tertiary/aromatic N) is 1. The van der Waals surface area contributed by atoms with Gasteiger partial charge in [0.05, 0.1) is 7.11 Å². The molecule has 1 rings (SSSR count). The Morgan fingerprint density at radius 3 is 2.47 bits per heavy atom. The molecule has 100 valence electrons. The van der Waals surface area contributed by atoms with E-state index in [0.717, 1.165) is 17.0 Å². The van der Waals surface area contributed by atoms with Crippen LogP contribution in [0.1, 0.15) is 12.5 Å². The molecule has 0 heterocycles. The minimum Gasteiger partial charge on any atom is -0.497 e. The number of rotatable bonds is 3. The topological polar surface area (TPSA) is 59.6 Å². The smallest absolute Gasteiger partial charge is 0.199 e. The predicted molar refractivity (Wildman–Crippen MR) is 87.7 cm³/mol. The van der Waals surface area contributed by atoms with Gasteiger partial charge in [-0.15, -0.1) is 0 Å². The van der Waals surface area contributed by atoms with Crippen molar-refractivity contribution in [2.75, 3.05) is 7.11 Å². The Kier molecular flexibility index (Phi) is 6.11. The van der Waals surface area contributed by atoms with E-state index in [-0.39, 0.29) is 10.2 Å². The van der Waals surface area contributed by atoms with Crippen molar-refractivity contribution in [3.05, 3.63) is 35.9 Å². The first-order valence-corrected chi connectivity index (χ1v) is 6.31. The van der Waals surface area contributed by atoms with E-state index in [1.807, 2.05) is 43.3 Å². The van der Waals surface area contributed by atoms with Gasteiger partial charge in [-0.3, -0.25) is 0 Å². The Morgan fingerprint density at radius 2 is 1.95 bits per heavy atom. The van der Waals surface area contributed by atoms with Crippen molar-refractivity contribution in [1.82, 2.24) is 5.32 Å². The number of methoxy groups -OCH3 is 1. The van der Waals surface area contributed by atoms with Gasteiger partial charge in [-0.05, 0) is 55.1 Å². The SMILES string of the molecule is COc1ccc(/C=C/C(C)=N/C(=S)NC(N)=S)cc1. The van der Waals surface area contributed by atoms with Crippen molar-refractivity contribution in [3.63, 3.8) is 0 Å². The molecule has 0 bridgehead atoms. The zero-order valence-corrected chi connectivity index (χ0v) is 12.3. The van der Waals surface area contributed by atoms with Crippen LogP contribution >= 0.6 is 24.4 Å². The predicted octanol–water partition coefficient (Wildman–Crippen LogP) is 2.29. The van der Waals surface area contributed by atoms with Crippen molar-refractivity contribution >= 4 is 46.4 Å². The molecule has 0 saturated carbocycles. The normalized spacial score (nSPS) is 11.4. The second kappa shape index (κ2) is 7.60. The van der Waals surface area contributed by atoms with Crippen LogP contribution in [0.5, 0.6) is 5.75 Å². The monoisotopic (exact) mass is 293 g/mol. The molecule has 4 nitrogen and oxygen atoms in total. The number of aliphatic imine (C=N–C) groups is 1. The number of benzene rings is 1. The van der Waals surface area contributed by atoms with E-state index in [9.17, 15) is 0 Å². The molecular weight excluding hydrogens is 278 g/mol. The van der Waals surface area contributed by atoms with E-state index >= 15 is 0 Å². The van der Waals surface area contributed by atoms with E-state index in [1.54, 1.807) is 7.11 Å². The summed E-state index contributed by atoms with van der Waals surface area (Å²) in [5, 5.41) is 2.96. The summed E-state index contributed by atoms with van der Waals surface area (Å²) in [6, 6.07) is 7.69. The number of ether oxygens (including phenoxy) is 1. The molecule has 0 fully saturated rings. The second-order valence-corrected chi connectivity index (χ2v) is 4.48. The van der Waals surface area contributed by atoms with Crippen molar-refractivity contribution in [2.45, 2.75) is 6.92 Å². The van der Waals surface area contributed by atoms with E-state index in [2.05, 4.69) is 22.5 Å². The van der Waals surface area contributed by atoms with Gasteiger partial charge >= 0.3 is 0 Å². The Morgan fingerprint density at radius 1 is 1.32 bits per heavy atom. The van der Waals surface area contributed by atoms with Crippen LogP contribution in [0.25, 0.3) is 6.08 Å². The molecule has 0 aliphatic rings. The third-order valence-corrected chi connectivity index (χ3v) is 2.44. The summed E-state index contributed by atoms with van der Waals surface area (Å²) in [6.45, 7) is 1.84. The second-order valence-electron chi connectivity index (χ2n) is 3.65. The summed E-state index contributed by atoms with van der Waals surface area (Å²) < 4.78 is 5.09. The molecule has 1 aromatic rings. The fourth-order valence-electron chi connectivity index (χ4n) is 1.26. The lowest BCUT2D eigenvalue weighted by atomic mass is 10.2. The van der Waals surface area contributed by atoms with E-state index in [0.29, 0.717) is 0 Å². The maximum atomic E-state index is 5.30. The van der Waals surface area contributed by atoms with Crippen molar-refractivity contribution in [3.8, 4) is 5.75 Å². The third-order valence-electron chi connectivity index (χ3n) is 2.14. The van der Waals surface area contributed by atoms with E-state index in [1.165, 1.54) is 0 Å². The van der Waals surface area contributed by atoms with Gasteiger partial charge in [-0.1, -0.05) is 18.2 Å². The molecule has 0 unspecified atom stereocenters. The first-order chi connectivity index (χ1) is 9.01.